The van der Waals surface area contributed by atoms with E-state index < -0.39 is 0 Å². The van der Waals surface area contributed by atoms with Crippen molar-refractivity contribution in [3.63, 3.8) is 0 Å². The van der Waals surface area contributed by atoms with Crippen LogP contribution in [0.1, 0.15) is 33.5 Å². The molecule has 1 aromatic rings. The van der Waals surface area contributed by atoms with Gasteiger partial charge in [0.2, 0.25) is 0 Å². The maximum Gasteiger partial charge on any atom is 0.175 e. The summed E-state index contributed by atoms with van der Waals surface area (Å²) in [5, 5.41) is 0. The summed E-state index contributed by atoms with van der Waals surface area (Å²) in [5.74, 6) is 2.43. The van der Waals surface area contributed by atoms with Crippen molar-refractivity contribution in [1.29, 1.82) is 0 Å². The molecule has 0 aliphatic carbocycles. The number of benzene rings is 1. The van der Waals surface area contributed by atoms with Crippen molar-refractivity contribution in [2.75, 3.05) is 0 Å². The number of rotatable bonds is 2. The third-order valence-corrected chi connectivity index (χ3v) is 2.22. The monoisotopic (exact) mass is 186 g/mol. The summed E-state index contributed by atoms with van der Waals surface area (Å²) in [4.78, 5) is 11.7. The third-order valence-electron chi connectivity index (χ3n) is 2.22. The lowest BCUT2D eigenvalue weighted by Crippen LogP contribution is -2.04. The van der Waals surface area contributed by atoms with Gasteiger partial charge >= 0.3 is 0 Å². The zero-order valence-electron chi connectivity index (χ0n) is 8.85. The summed E-state index contributed by atoms with van der Waals surface area (Å²) in [5.41, 5.74) is 4.00. The van der Waals surface area contributed by atoms with Crippen LogP contribution in [0, 0.1) is 33.1 Å². The lowest BCUT2D eigenvalue weighted by atomic mass is 9.95. The highest BCUT2D eigenvalue weighted by atomic mass is 16.1. The van der Waals surface area contributed by atoms with Crippen molar-refractivity contribution < 1.29 is 4.79 Å². The van der Waals surface area contributed by atoms with E-state index in [0.717, 1.165) is 16.7 Å². The number of carbonyl (C=O) groups excluding carboxylic acids is 1. The first-order valence-corrected chi connectivity index (χ1v) is 4.60. The summed E-state index contributed by atoms with van der Waals surface area (Å²) in [6.45, 7) is 5.92. The van der Waals surface area contributed by atoms with Crippen LogP contribution in [0.25, 0.3) is 0 Å². The van der Waals surface area contributed by atoms with Crippen LogP contribution in [0.5, 0.6) is 0 Å². The first kappa shape index (κ1) is 10.5. The normalized spacial score (nSPS) is 9.57. The largest absolute Gasteiger partial charge is 0.293 e. The Morgan fingerprint density at radius 3 is 2.21 bits per heavy atom. The van der Waals surface area contributed by atoms with Gasteiger partial charge in [0.15, 0.2) is 5.78 Å². The molecule has 0 N–H and O–H groups in total. The van der Waals surface area contributed by atoms with Gasteiger partial charge in [-0.15, -0.1) is 6.42 Å². The van der Waals surface area contributed by atoms with E-state index in [1.165, 1.54) is 5.56 Å². The Morgan fingerprint density at radius 1 is 1.29 bits per heavy atom. The summed E-state index contributed by atoms with van der Waals surface area (Å²) < 4.78 is 0. The fraction of sp³-hybridized carbons (Fsp3) is 0.308. The Labute approximate surface area is 85.1 Å². The molecule has 1 nitrogen and oxygen atoms in total. The van der Waals surface area contributed by atoms with Crippen LogP contribution in [0.3, 0.4) is 0 Å². The van der Waals surface area contributed by atoms with E-state index in [1.54, 1.807) is 0 Å². The molecule has 0 aliphatic heterocycles. The molecule has 1 heteroatoms. The maximum atomic E-state index is 11.7. The van der Waals surface area contributed by atoms with Crippen LogP contribution >= 0.6 is 0 Å². The summed E-state index contributed by atoms with van der Waals surface area (Å²) in [6, 6.07) is 4.02. The molecule has 0 amide bonds. The molecule has 0 aliphatic rings. The molecule has 0 radical (unpaired) electrons. The number of hydrogen-bond donors (Lipinski definition) is 0. The quantitative estimate of drug-likeness (QED) is 0.512. The van der Waals surface area contributed by atoms with Gasteiger partial charge in [-0.25, -0.2) is 0 Å². The standard InChI is InChI=1S/C13H14O/c1-5-6-12(14)13-10(3)7-9(2)8-11(13)4/h1,7-8H,6H2,2-4H3. The number of Topliss-reactive ketones (excluding diaryl/α,β-unsaturated/α-hetero) is 1. The van der Waals surface area contributed by atoms with Gasteiger partial charge in [0.1, 0.15) is 0 Å². The first-order chi connectivity index (χ1) is 6.56. The number of aryl methyl sites for hydroxylation is 3. The van der Waals surface area contributed by atoms with Crippen LogP contribution < -0.4 is 0 Å². The Bertz CT molecular complexity index is 385. The molecule has 0 aromatic heterocycles. The smallest absolute Gasteiger partial charge is 0.175 e. The van der Waals surface area contributed by atoms with E-state index in [1.807, 2.05) is 32.9 Å². The topological polar surface area (TPSA) is 17.1 Å². The molecule has 0 spiro atoms. The Balaban J connectivity index is 3.22. The zero-order chi connectivity index (χ0) is 10.7. The molecular weight excluding hydrogens is 172 g/mol. The van der Waals surface area contributed by atoms with E-state index in [-0.39, 0.29) is 12.2 Å². The Morgan fingerprint density at radius 2 is 1.79 bits per heavy atom. The molecule has 0 fully saturated rings. The molecule has 0 unspecified atom stereocenters. The Kier molecular flexibility index (Phi) is 3.09. The van der Waals surface area contributed by atoms with E-state index in [9.17, 15) is 4.79 Å². The fourth-order valence-corrected chi connectivity index (χ4v) is 1.80. The van der Waals surface area contributed by atoms with Crippen molar-refractivity contribution in [3.05, 3.63) is 34.4 Å². The highest BCUT2D eigenvalue weighted by Gasteiger charge is 2.10. The molecule has 0 bridgehead atoms. The summed E-state index contributed by atoms with van der Waals surface area (Å²) >= 11 is 0. The van der Waals surface area contributed by atoms with Crippen molar-refractivity contribution in [2.45, 2.75) is 27.2 Å². The molecule has 1 rings (SSSR count). The predicted molar refractivity (Wildman–Crippen MR) is 58.4 cm³/mol. The predicted octanol–water partition coefficient (Wildman–Crippen LogP) is 2.82. The van der Waals surface area contributed by atoms with Crippen LogP contribution in [-0.2, 0) is 0 Å². The van der Waals surface area contributed by atoms with Gasteiger partial charge in [-0.2, -0.15) is 0 Å². The lowest BCUT2D eigenvalue weighted by molar-refractivity contribution is 0.0997. The number of ketones is 1. The van der Waals surface area contributed by atoms with E-state index in [4.69, 9.17) is 6.42 Å². The van der Waals surface area contributed by atoms with Gasteiger partial charge in [0, 0.05) is 5.56 Å². The molecule has 0 saturated carbocycles. The third kappa shape index (κ3) is 2.03. The minimum Gasteiger partial charge on any atom is -0.293 e. The first-order valence-electron chi connectivity index (χ1n) is 4.60. The average molecular weight is 186 g/mol. The van der Waals surface area contributed by atoms with Gasteiger partial charge in [-0.1, -0.05) is 23.6 Å². The molecule has 14 heavy (non-hydrogen) atoms. The SMILES string of the molecule is C#CCC(=O)c1c(C)cc(C)cc1C. The minimum absolute atomic E-state index is 0.0440. The molecule has 0 atom stereocenters. The highest BCUT2D eigenvalue weighted by Crippen LogP contribution is 2.17. The van der Waals surface area contributed by atoms with E-state index in [2.05, 4.69) is 5.92 Å². The summed E-state index contributed by atoms with van der Waals surface area (Å²) in [7, 11) is 0. The minimum atomic E-state index is 0.0440. The van der Waals surface area contributed by atoms with Crippen LogP contribution in [-0.4, -0.2) is 5.78 Å². The summed E-state index contributed by atoms with van der Waals surface area (Å²) in [6.07, 6.45) is 5.31. The van der Waals surface area contributed by atoms with Crippen molar-refractivity contribution in [1.82, 2.24) is 0 Å². The van der Waals surface area contributed by atoms with Crippen molar-refractivity contribution in [2.24, 2.45) is 0 Å². The van der Waals surface area contributed by atoms with Crippen molar-refractivity contribution in [3.8, 4) is 12.3 Å². The maximum absolute atomic E-state index is 11.7. The van der Waals surface area contributed by atoms with Gasteiger partial charge in [-0.05, 0) is 31.9 Å². The number of terminal acetylenes is 1. The van der Waals surface area contributed by atoms with E-state index in [0.29, 0.717) is 0 Å². The molecular formula is C13H14O. The van der Waals surface area contributed by atoms with Gasteiger partial charge in [-0.3, -0.25) is 4.79 Å². The fourth-order valence-electron chi connectivity index (χ4n) is 1.80. The van der Waals surface area contributed by atoms with Crippen LogP contribution in [0.2, 0.25) is 0 Å². The second-order valence-corrected chi connectivity index (χ2v) is 3.58. The van der Waals surface area contributed by atoms with Gasteiger partial charge in [0.25, 0.3) is 0 Å². The van der Waals surface area contributed by atoms with Crippen LogP contribution in [0.4, 0.5) is 0 Å². The molecule has 1 aromatic carbocycles. The number of carbonyl (C=O) groups is 1. The average Bonchev–Trinajstić information content (AvgIpc) is 2.01. The second kappa shape index (κ2) is 4.11. The van der Waals surface area contributed by atoms with Gasteiger partial charge < -0.3 is 0 Å². The van der Waals surface area contributed by atoms with Gasteiger partial charge in [0.05, 0.1) is 6.42 Å². The molecule has 72 valence electrons. The zero-order valence-corrected chi connectivity index (χ0v) is 8.85. The molecule has 0 heterocycles. The lowest BCUT2D eigenvalue weighted by Gasteiger charge is -2.08. The second-order valence-electron chi connectivity index (χ2n) is 3.58. The molecule has 0 saturated heterocycles. The van der Waals surface area contributed by atoms with E-state index >= 15 is 0 Å². The number of hydrogen-bond acceptors (Lipinski definition) is 1. The van der Waals surface area contributed by atoms with Crippen LogP contribution in [0.15, 0.2) is 12.1 Å². The van der Waals surface area contributed by atoms with Crippen molar-refractivity contribution >= 4 is 5.78 Å². The Hall–Kier alpha value is -1.55. The highest BCUT2D eigenvalue weighted by molar-refractivity contribution is 6.00.